The Morgan fingerprint density at radius 2 is 1.56 bits per heavy atom. The van der Waals surface area contributed by atoms with Gasteiger partial charge in [0.05, 0.1) is 15.6 Å². The highest BCUT2D eigenvalue weighted by Crippen LogP contribution is 2.27. The summed E-state index contributed by atoms with van der Waals surface area (Å²) in [6.07, 6.45) is 0. The van der Waals surface area contributed by atoms with Crippen molar-refractivity contribution in [2.45, 2.75) is 0 Å². The second kappa shape index (κ2) is 9.96. The maximum Gasteiger partial charge on any atom is 0.276 e. The van der Waals surface area contributed by atoms with Gasteiger partial charge in [-0.3, -0.25) is 25.8 Å². The highest BCUT2D eigenvalue weighted by atomic mass is 35.5. The Labute approximate surface area is 180 Å². The molecule has 27 heavy (non-hydrogen) atoms. The summed E-state index contributed by atoms with van der Waals surface area (Å²) >= 11 is 28.4. The van der Waals surface area contributed by atoms with Gasteiger partial charge in [-0.2, -0.15) is 0 Å². The van der Waals surface area contributed by atoms with Crippen molar-refractivity contribution < 1.29 is 14.3 Å². The average molecular weight is 467 g/mol. The maximum atomic E-state index is 12.1. The lowest BCUT2D eigenvalue weighted by Gasteiger charge is -2.12. The molecular weight excluding hydrogens is 456 g/mol. The van der Waals surface area contributed by atoms with Gasteiger partial charge in [-0.1, -0.05) is 46.4 Å². The van der Waals surface area contributed by atoms with Crippen molar-refractivity contribution in [2.75, 3.05) is 6.61 Å². The SMILES string of the molecule is O=C(COc1ccc(Cl)cc1Cl)NNC(=S)NC(=O)c1ccc(Cl)cc1Cl. The van der Waals surface area contributed by atoms with Crippen molar-refractivity contribution in [3.63, 3.8) is 0 Å². The number of halogens is 4. The molecule has 0 saturated carbocycles. The van der Waals surface area contributed by atoms with Crippen molar-refractivity contribution >= 4 is 75.5 Å². The fourth-order valence-corrected chi connectivity index (χ4v) is 2.87. The summed E-state index contributed by atoms with van der Waals surface area (Å²) in [5.41, 5.74) is 4.82. The van der Waals surface area contributed by atoms with Crippen LogP contribution in [0.2, 0.25) is 20.1 Å². The lowest BCUT2D eigenvalue weighted by Crippen LogP contribution is -2.49. The number of ether oxygens (including phenoxy) is 1. The first-order valence-corrected chi connectivity index (χ1v) is 9.11. The first kappa shape index (κ1) is 21.5. The summed E-state index contributed by atoms with van der Waals surface area (Å²) in [6.45, 7) is -0.339. The molecule has 0 fully saturated rings. The molecule has 3 N–H and O–H groups in total. The van der Waals surface area contributed by atoms with E-state index >= 15 is 0 Å². The Hall–Kier alpha value is -1.77. The third-order valence-corrected chi connectivity index (χ3v) is 4.25. The van der Waals surface area contributed by atoms with E-state index in [9.17, 15) is 9.59 Å². The van der Waals surface area contributed by atoms with E-state index < -0.39 is 11.8 Å². The smallest absolute Gasteiger partial charge is 0.276 e. The summed E-state index contributed by atoms with van der Waals surface area (Å²) in [5.74, 6) is -0.820. The number of hydrogen-bond acceptors (Lipinski definition) is 4. The Morgan fingerprint density at radius 1 is 0.926 bits per heavy atom. The average Bonchev–Trinajstić information content (AvgIpc) is 2.59. The lowest BCUT2D eigenvalue weighted by molar-refractivity contribution is -0.123. The van der Waals surface area contributed by atoms with Crippen LogP contribution in [0.1, 0.15) is 10.4 Å². The van der Waals surface area contributed by atoms with E-state index in [0.717, 1.165) is 0 Å². The topological polar surface area (TPSA) is 79.5 Å². The molecule has 0 spiro atoms. The van der Waals surface area contributed by atoms with E-state index in [-0.39, 0.29) is 27.3 Å². The number of benzene rings is 2. The zero-order valence-electron chi connectivity index (χ0n) is 13.3. The van der Waals surface area contributed by atoms with Gasteiger partial charge in [0.1, 0.15) is 5.75 Å². The number of carbonyl (C=O) groups is 2. The predicted molar refractivity (Wildman–Crippen MR) is 110 cm³/mol. The first-order chi connectivity index (χ1) is 12.8. The summed E-state index contributed by atoms with van der Waals surface area (Å²) in [7, 11) is 0. The highest BCUT2D eigenvalue weighted by molar-refractivity contribution is 7.80. The molecule has 0 bridgehead atoms. The van der Waals surface area contributed by atoms with Crippen LogP contribution in [-0.2, 0) is 4.79 Å². The number of thiocarbonyl (C=S) groups is 1. The monoisotopic (exact) mass is 465 g/mol. The predicted octanol–water partition coefficient (Wildman–Crippen LogP) is 4.01. The molecule has 0 aromatic heterocycles. The largest absolute Gasteiger partial charge is 0.482 e. The van der Waals surface area contributed by atoms with Crippen LogP contribution in [-0.4, -0.2) is 23.5 Å². The van der Waals surface area contributed by atoms with Gasteiger partial charge in [-0.05, 0) is 48.6 Å². The van der Waals surface area contributed by atoms with E-state index in [2.05, 4.69) is 16.2 Å². The maximum absolute atomic E-state index is 12.1. The number of carbonyl (C=O) groups excluding carboxylic acids is 2. The van der Waals surface area contributed by atoms with Crippen LogP contribution in [0.15, 0.2) is 36.4 Å². The zero-order chi connectivity index (χ0) is 20.0. The number of amides is 2. The Morgan fingerprint density at radius 3 is 2.19 bits per heavy atom. The second-order valence-corrected chi connectivity index (χ2v) is 7.04. The van der Waals surface area contributed by atoms with E-state index in [1.54, 1.807) is 6.07 Å². The zero-order valence-corrected chi connectivity index (χ0v) is 17.2. The Balaban J connectivity index is 1.79. The Kier molecular flexibility index (Phi) is 7.94. The fraction of sp³-hybridized carbons (Fsp3) is 0.0625. The van der Waals surface area contributed by atoms with Crippen molar-refractivity contribution in [3.8, 4) is 5.75 Å². The molecule has 0 atom stereocenters. The quantitative estimate of drug-likeness (QED) is 0.468. The molecule has 0 heterocycles. The molecule has 11 heteroatoms. The van der Waals surface area contributed by atoms with Crippen LogP contribution < -0.4 is 20.9 Å². The van der Waals surface area contributed by atoms with Crippen molar-refractivity contribution in [1.29, 1.82) is 0 Å². The van der Waals surface area contributed by atoms with E-state index in [4.69, 9.17) is 63.4 Å². The Bertz CT molecular complexity index is 895. The molecule has 0 unspecified atom stereocenters. The van der Waals surface area contributed by atoms with E-state index in [0.29, 0.717) is 15.8 Å². The summed E-state index contributed by atoms with van der Waals surface area (Å²) < 4.78 is 5.26. The van der Waals surface area contributed by atoms with Gasteiger partial charge in [0.2, 0.25) is 0 Å². The molecule has 2 amide bonds. The van der Waals surface area contributed by atoms with Gasteiger partial charge in [0.15, 0.2) is 11.7 Å². The van der Waals surface area contributed by atoms with Gasteiger partial charge in [-0.25, -0.2) is 0 Å². The third kappa shape index (κ3) is 6.71. The molecular formula is C16H11Cl4N3O3S. The third-order valence-electron chi connectivity index (χ3n) is 2.97. The van der Waals surface area contributed by atoms with Crippen LogP contribution >= 0.6 is 58.6 Å². The molecule has 2 rings (SSSR count). The minimum atomic E-state index is -0.562. The molecule has 2 aromatic carbocycles. The van der Waals surface area contributed by atoms with Crippen molar-refractivity contribution in [3.05, 3.63) is 62.1 Å². The lowest BCUT2D eigenvalue weighted by atomic mass is 10.2. The van der Waals surface area contributed by atoms with Crippen molar-refractivity contribution in [1.82, 2.24) is 16.2 Å². The van der Waals surface area contributed by atoms with Crippen LogP contribution in [0.3, 0.4) is 0 Å². The van der Waals surface area contributed by atoms with Crippen molar-refractivity contribution in [2.24, 2.45) is 0 Å². The first-order valence-electron chi connectivity index (χ1n) is 7.19. The summed E-state index contributed by atoms with van der Waals surface area (Å²) in [5, 5.41) is 3.50. The van der Waals surface area contributed by atoms with Gasteiger partial charge in [-0.15, -0.1) is 0 Å². The summed E-state index contributed by atoms with van der Waals surface area (Å²) in [4.78, 5) is 23.8. The number of rotatable bonds is 4. The number of nitrogens with one attached hydrogen (secondary N) is 3. The van der Waals surface area contributed by atoms with Crippen LogP contribution in [0.5, 0.6) is 5.75 Å². The highest BCUT2D eigenvalue weighted by Gasteiger charge is 2.13. The molecule has 0 aliphatic heterocycles. The fourth-order valence-electron chi connectivity index (χ4n) is 1.77. The minimum absolute atomic E-state index is 0.135. The van der Waals surface area contributed by atoms with Gasteiger partial charge in [0.25, 0.3) is 11.8 Å². The van der Waals surface area contributed by atoms with Crippen LogP contribution in [0, 0.1) is 0 Å². The minimum Gasteiger partial charge on any atom is -0.482 e. The number of hydrazine groups is 1. The van der Waals surface area contributed by atoms with Crippen LogP contribution in [0.25, 0.3) is 0 Å². The molecule has 2 aromatic rings. The van der Waals surface area contributed by atoms with E-state index in [1.165, 1.54) is 30.3 Å². The second-order valence-electron chi connectivity index (χ2n) is 4.94. The standard InChI is InChI=1S/C16H11Cl4N3O3S/c17-8-1-3-10(11(19)5-8)15(25)21-16(27)23-22-14(24)7-26-13-4-2-9(18)6-12(13)20/h1-6H,7H2,(H,22,24)(H2,21,23,25,27). The van der Waals surface area contributed by atoms with Gasteiger partial charge >= 0.3 is 0 Å². The normalized spacial score (nSPS) is 10.1. The molecule has 6 nitrogen and oxygen atoms in total. The number of hydrogen-bond donors (Lipinski definition) is 3. The molecule has 142 valence electrons. The van der Waals surface area contributed by atoms with Crippen LogP contribution in [0.4, 0.5) is 0 Å². The van der Waals surface area contributed by atoms with E-state index in [1.807, 2.05) is 0 Å². The van der Waals surface area contributed by atoms with Gasteiger partial charge < -0.3 is 4.74 Å². The molecule has 0 radical (unpaired) electrons. The van der Waals surface area contributed by atoms with Gasteiger partial charge in [0, 0.05) is 10.0 Å². The molecule has 0 aliphatic carbocycles. The summed E-state index contributed by atoms with van der Waals surface area (Å²) in [6, 6.07) is 8.99. The molecule has 0 saturated heterocycles. The molecule has 0 aliphatic rings.